The molecule has 0 aliphatic heterocycles. The van der Waals surface area contributed by atoms with Crippen molar-refractivity contribution in [2.24, 2.45) is 5.41 Å². The van der Waals surface area contributed by atoms with Crippen molar-refractivity contribution < 1.29 is 9.66 Å². The van der Waals surface area contributed by atoms with Crippen molar-refractivity contribution in [2.75, 3.05) is 0 Å². The molecule has 0 N–H and O–H groups in total. The van der Waals surface area contributed by atoms with Crippen LogP contribution in [-0.2, 0) is 0 Å². The van der Waals surface area contributed by atoms with Crippen molar-refractivity contribution in [1.29, 1.82) is 0 Å². The van der Waals surface area contributed by atoms with Crippen LogP contribution in [0.5, 0.6) is 5.75 Å². The van der Waals surface area contributed by atoms with Gasteiger partial charge in [0.05, 0.1) is 4.92 Å². The molecule has 2 rings (SSSR count). The highest BCUT2D eigenvalue weighted by Gasteiger charge is 2.50. The molecule has 4 nitrogen and oxygen atoms in total. The summed E-state index contributed by atoms with van der Waals surface area (Å²) >= 11 is 9.52. The fourth-order valence-electron chi connectivity index (χ4n) is 2.27. The minimum absolute atomic E-state index is 0.0915. The van der Waals surface area contributed by atoms with E-state index in [0.29, 0.717) is 10.6 Å². The number of nitrogens with zero attached hydrogens (tertiary/aromatic N) is 1. The summed E-state index contributed by atoms with van der Waals surface area (Å²) in [6.45, 7) is 4.31. The summed E-state index contributed by atoms with van der Waals surface area (Å²) in [6.07, 6.45) is 2.05. The summed E-state index contributed by atoms with van der Waals surface area (Å²) in [6, 6.07) is 4.49. The number of hydrogen-bond acceptors (Lipinski definition) is 3. The van der Waals surface area contributed by atoms with Gasteiger partial charge in [0.25, 0.3) is 5.69 Å². The third kappa shape index (κ3) is 2.58. The number of halogens is 2. The number of rotatable bonds is 4. The maximum absolute atomic E-state index is 10.7. The molecule has 1 aromatic carbocycles. The zero-order valence-electron chi connectivity index (χ0n) is 10.7. The lowest BCUT2D eigenvalue weighted by Gasteiger charge is -2.50. The van der Waals surface area contributed by atoms with Gasteiger partial charge in [0.2, 0.25) is 0 Å². The highest BCUT2D eigenvalue weighted by atomic mass is 79.9. The summed E-state index contributed by atoms with van der Waals surface area (Å²) < 4.78 is 5.91. The molecular formula is C13H15BrClNO3. The molecular weight excluding hydrogens is 334 g/mol. The van der Waals surface area contributed by atoms with Crippen molar-refractivity contribution in [1.82, 2.24) is 0 Å². The van der Waals surface area contributed by atoms with Gasteiger partial charge >= 0.3 is 0 Å². The fourth-order valence-corrected chi connectivity index (χ4v) is 3.47. The third-order valence-electron chi connectivity index (χ3n) is 4.03. The van der Waals surface area contributed by atoms with Crippen LogP contribution in [0.3, 0.4) is 0 Å². The lowest BCUT2D eigenvalue weighted by atomic mass is 9.65. The molecule has 1 fully saturated rings. The van der Waals surface area contributed by atoms with Gasteiger partial charge in [0, 0.05) is 22.4 Å². The summed E-state index contributed by atoms with van der Waals surface area (Å²) in [5.74, 6) is 0.583. The Morgan fingerprint density at radius 3 is 2.79 bits per heavy atom. The van der Waals surface area contributed by atoms with Crippen molar-refractivity contribution in [3.05, 3.63) is 33.3 Å². The predicted molar refractivity (Wildman–Crippen MR) is 78.3 cm³/mol. The number of nitro groups is 1. The van der Waals surface area contributed by atoms with E-state index in [4.69, 9.17) is 16.3 Å². The number of ether oxygens (including phenoxy) is 1. The van der Waals surface area contributed by atoms with E-state index in [0.717, 1.165) is 12.8 Å². The average molecular weight is 349 g/mol. The molecule has 1 aliphatic rings. The molecule has 0 saturated heterocycles. The van der Waals surface area contributed by atoms with E-state index in [-0.39, 0.29) is 22.2 Å². The van der Waals surface area contributed by atoms with Crippen LogP contribution in [0.4, 0.5) is 5.69 Å². The van der Waals surface area contributed by atoms with Gasteiger partial charge in [-0.2, -0.15) is 0 Å². The van der Waals surface area contributed by atoms with Gasteiger partial charge in [-0.15, -0.1) is 0 Å². The maximum Gasteiger partial charge on any atom is 0.288 e. The summed E-state index contributed by atoms with van der Waals surface area (Å²) in [5, 5.41) is 10.8. The minimum Gasteiger partial charge on any atom is -0.490 e. The Morgan fingerprint density at radius 2 is 2.32 bits per heavy atom. The van der Waals surface area contributed by atoms with Gasteiger partial charge in [-0.25, -0.2) is 0 Å². The van der Waals surface area contributed by atoms with Crippen LogP contribution in [0.15, 0.2) is 18.2 Å². The van der Waals surface area contributed by atoms with Crippen molar-refractivity contribution in [3.63, 3.8) is 0 Å². The van der Waals surface area contributed by atoms with E-state index < -0.39 is 4.92 Å². The first-order valence-electron chi connectivity index (χ1n) is 6.13. The highest BCUT2D eigenvalue weighted by molar-refractivity contribution is 9.09. The fraction of sp³-hybridized carbons (Fsp3) is 0.538. The van der Waals surface area contributed by atoms with E-state index >= 15 is 0 Å². The van der Waals surface area contributed by atoms with Gasteiger partial charge < -0.3 is 4.74 Å². The zero-order chi connectivity index (χ0) is 14.2. The Balaban J connectivity index is 2.13. The molecule has 0 spiro atoms. The second kappa shape index (κ2) is 5.29. The van der Waals surface area contributed by atoms with Crippen LogP contribution in [0.1, 0.15) is 26.7 Å². The highest BCUT2D eigenvalue weighted by Crippen LogP contribution is 2.50. The monoisotopic (exact) mass is 347 g/mol. The Kier molecular flexibility index (Phi) is 4.06. The van der Waals surface area contributed by atoms with E-state index in [1.165, 1.54) is 12.1 Å². The van der Waals surface area contributed by atoms with E-state index in [1.807, 2.05) is 0 Å². The minimum atomic E-state index is -0.500. The molecule has 3 unspecified atom stereocenters. The first-order valence-corrected chi connectivity index (χ1v) is 7.42. The molecule has 1 saturated carbocycles. The third-order valence-corrected chi connectivity index (χ3v) is 5.75. The van der Waals surface area contributed by atoms with Gasteiger partial charge in [0.15, 0.2) is 0 Å². The quantitative estimate of drug-likeness (QED) is 0.454. The molecule has 0 amide bonds. The van der Waals surface area contributed by atoms with Crippen molar-refractivity contribution >= 4 is 33.2 Å². The summed E-state index contributed by atoms with van der Waals surface area (Å²) in [4.78, 5) is 10.6. The van der Waals surface area contributed by atoms with Crippen LogP contribution in [0, 0.1) is 15.5 Å². The van der Waals surface area contributed by atoms with Gasteiger partial charge in [0.1, 0.15) is 16.9 Å². The van der Waals surface area contributed by atoms with Crippen LogP contribution < -0.4 is 4.74 Å². The summed E-state index contributed by atoms with van der Waals surface area (Å²) in [7, 11) is 0. The average Bonchev–Trinajstić information content (AvgIpc) is 2.37. The van der Waals surface area contributed by atoms with Gasteiger partial charge in [-0.1, -0.05) is 41.4 Å². The zero-order valence-corrected chi connectivity index (χ0v) is 13.1. The molecule has 1 aromatic rings. The first-order chi connectivity index (χ1) is 8.88. The van der Waals surface area contributed by atoms with Crippen LogP contribution in [0.2, 0.25) is 5.02 Å². The molecule has 0 radical (unpaired) electrons. The molecule has 3 atom stereocenters. The Bertz CT molecular complexity index is 511. The van der Waals surface area contributed by atoms with Crippen LogP contribution >= 0.6 is 27.5 Å². The number of alkyl halides is 1. The first kappa shape index (κ1) is 14.6. The largest absolute Gasteiger partial charge is 0.490 e. The lowest BCUT2D eigenvalue weighted by molar-refractivity contribution is -0.384. The maximum atomic E-state index is 10.7. The van der Waals surface area contributed by atoms with Crippen molar-refractivity contribution in [3.8, 4) is 5.75 Å². The normalized spacial score (nSPS) is 29.7. The molecule has 6 heteroatoms. The van der Waals surface area contributed by atoms with Crippen molar-refractivity contribution in [2.45, 2.75) is 37.6 Å². The SMILES string of the molecule is CCC1(C)C(Br)CC1Oc1ccc([N+](=O)[O-])c(Cl)c1. The topological polar surface area (TPSA) is 52.4 Å². The van der Waals surface area contributed by atoms with E-state index in [1.54, 1.807) is 6.07 Å². The van der Waals surface area contributed by atoms with E-state index in [2.05, 4.69) is 29.8 Å². The molecule has 1 aliphatic carbocycles. The molecule has 0 bridgehead atoms. The van der Waals surface area contributed by atoms with Crippen LogP contribution in [0.25, 0.3) is 0 Å². The summed E-state index contributed by atoms with van der Waals surface area (Å²) in [5.41, 5.74) is -0.00640. The molecule has 0 aromatic heterocycles. The lowest BCUT2D eigenvalue weighted by Crippen LogP contribution is -2.54. The Labute approximate surface area is 125 Å². The number of hydrogen-bond donors (Lipinski definition) is 0. The number of benzene rings is 1. The molecule has 0 heterocycles. The predicted octanol–water partition coefficient (Wildman–Crippen LogP) is 4.58. The Hall–Kier alpha value is -0.810. The molecule has 19 heavy (non-hydrogen) atoms. The van der Waals surface area contributed by atoms with Gasteiger partial charge in [-0.3, -0.25) is 10.1 Å². The Morgan fingerprint density at radius 1 is 1.63 bits per heavy atom. The van der Waals surface area contributed by atoms with Gasteiger partial charge in [-0.05, 0) is 18.9 Å². The second-order valence-corrected chi connectivity index (χ2v) is 6.55. The molecule has 104 valence electrons. The van der Waals surface area contributed by atoms with E-state index in [9.17, 15) is 10.1 Å². The second-order valence-electron chi connectivity index (χ2n) is 5.04. The number of nitro benzene ring substituents is 1. The standard InChI is InChI=1S/C13H15BrClNO3/c1-3-13(2)11(14)7-12(13)19-8-4-5-10(16(17)18)9(15)6-8/h4-6,11-12H,3,7H2,1-2H3. The van der Waals surface area contributed by atoms with Crippen LogP contribution in [-0.4, -0.2) is 15.9 Å². The smallest absolute Gasteiger partial charge is 0.288 e.